The molecule has 0 N–H and O–H groups in total. The van der Waals surface area contributed by atoms with Crippen LogP contribution in [0.1, 0.15) is 5.56 Å². The third kappa shape index (κ3) is 4.62. The van der Waals surface area contributed by atoms with E-state index in [1.165, 1.54) is 6.08 Å². The minimum Gasteiger partial charge on any atom is -0.369 e. The number of nitrogens with zero attached hydrogens (tertiary/aromatic N) is 3. The standard InChI is InChI=1S/C14H12Cl3N3/c15-3-5-20(6-4-16)13-2-1-12(14(17)8-13)7-11(9-18)10-19/h1-2,7-8H,3-6H2. The van der Waals surface area contributed by atoms with Crippen LogP contribution in [0, 0.1) is 22.7 Å². The van der Waals surface area contributed by atoms with E-state index in [4.69, 9.17) is 45.3 Å². The predicted molar refractivity (Wildman–Crippen MR) is 84.3 cm³/mol. The first-order valence-electron chi connectivity index (χ1n) is 5.84. The highest BCUT2D eigenvalue weighted by molar-refractivity contribution is 6.32. The second-order valence-corrected chi connectivity index (χ2v) is 5.02. The molecule has 104 valence electrons. The van der Waals surface area contributed by atoms with Gasteiger partial charge in [0, 0.05) is 35.6 Å². The molecule has 1 aromatic carbocycles. The third-order valence-corrected chi connectivity index (χ3v) is 3.26. The van der Waals surface area contributed by atoms with Gasteiger partial charge < -0.3 is 4.90 Å². The van der Waals surface area contributed by atoms with Crippen molar-refractivity contribution < 1.29 is 0 Å². The lowest BCUT2D eigenvalue weighted by Gasteiger charge is -2.23. The van der Waals surface area contributed by atoms with Crippen LogP contribution in [0.15, 0.2) is 23.8 Å². The molecule has 0 heterocycles. The van der Waals surface area contributed by atoms with E-state index in [1.807, 2.05) is 11.0 Å². The van der Waals surface area contributed by atoms with Crippen molar-refractivity contribution in [3.8, 4) is 12.1 Å². The highest BCUT2D eigenvalue weighted by atomic mass is 35.5. The fraction of sp³-hybridized carbons (Fsp3) is 0.286. The zero-order chi connectivity index (χ0) is 15.0. The Bertz CT molecular complexity index is 548. The Morgan fingerprint density at radius 3 is 2.20 bits per heavy atom. The second-order valence-electron chi connectivity index (χ2n) is 3.85. The molecule has 0 atom stereocenters. The van der Waals surface area contributed by atoms with Crippen molar-refractivity contribution in [2.24, 2.45) is 0 Å². The quantitative estimate of drug-likeness (QED) is 0.584. The van der Waals surface area contributed by atoms with E-state index in [-0.39, 0.29) is 5.57 Å². The van der Waals surface area contributed by atoms with Gasteiger partial charge in [0.05, 0.1) is 0 Å². The first-order valence-corrected chi connectivity index (χ1v) is 7.29. The van der Waals surface area contributed by atoms with Crippen LogP contribution in [0.3, 0.4) is 0 Å². The van der Waals surface area contributed by atoms with Gasteiger partial charge in [0.1, 0.15) is 17.7 Å². The molecule has 0 aromatic heterocycles. The number of allylic oxidation sites excluding steroid dienone is 1. The molecule has 0 unspecified atom stereocenters. The van der Waals surface area contributed by atoms with Crippen LogP contribution in [0.4, 0.5) is 5.69 Å². The molecule has 0 saturated heterocycles. The molecule has 0 radical (unpaired) electrons. The predicted octanol–water partition coefficient (Wildman–Crippen LogP) is 4.05. The summed E-state index contributed by atoms with van der Waals surface area (Å²) in [5, 5.41) is 18.0. The number of hydrogen-bond acceptors (Lipinski definition) is 3. The highest BCUT2D eigenvalue weighted by Gasteiger charge is 2.08. The maximum atomic E-state index is 8.74. The second kappa shape index (κ2) is 8.72. The Hall–Kier alpha value is -1.39. The largest absolute Gasteiger partial charge is 0.369 e. The zero-order valence-electron chi connectivity index (χ0n) is 10.6. The van der Waals surface area contributed by atoms with Crippen LogP contribution in [0.25, 0.3) is 6.08 Å². The Balaban J connectivity index is 3.07. The molecule has 0 aliphatic heterocycles. The summed E-state index contributed by atoms with van der Waals surface area (Å²) in [7, 11) is 0. The number of hydrogen-bond donors (Lipinski definition) is 0. The molecule has 0 spiro atoms. The first kappa shape index (κ1) is 16.7. The molecule has 1 aromatic rings. The number of alkyl halides is 2. The van der Waals surface area contributed by atoms with Gasteiger partial charge in [-0.15, -0.1) is 23.2 Å². The maximum absolute atomic E-state index is 8.74. The first-order chi connectivity index (χ1) is 9.65. The summed E-state index contributed by atoms with van der Waals surface area (Å²) < 4.78 is 0. The number of anilines is 1. The van der Waals surface area contributed by atoms with Crippen LogP contribution in [0.2, 0.25) is 5.02 Å². The van der Waals surface area contributed by atoms with Crippen LogP contribution < -0.4 is 4.90 Å². The van der Waals surface area contributed by atoms with Crippen molar-refractivity contribution >= 4 is 46.6 Å². The van der Waals surface area contributed by atoms with Gasteiger partial charge in [0.15, 0.2) is 0 Å². The van der Waals surface area contributed by atoms with E-state index in [1.54, 1.807) is 24.3 Å². The van der Waals surface area contributed by atoms with Crippen LogP contribution >= 0.6 is 34.8 Å². The fourth-order valence-corrected chi connectivity index (χ4v) is 2.29. The Morgan fingerprint density at radius 2 is 1.75 bits per heavy atom. The van der Waals surface area contributed by atoms with Crippen molar-refractivity contribution in [1.29, 1.82) is 10.5 Å². The zero-order valence-corrected chi connectivity index (χ0v) is 12.9. The van der Waals surface area contributed by atoms with Gasteiger partial charge in [-0.05, 0) is 23.8 Å². The minimum atomic E-state index is 0.0121. The van der Waals surface area contributed by atoms with Gasteiger partial charge in [-0.1, -0.05) is 17.7 Å². The molecule has 0 amide bonds. The summed E-state index contributed by atoms with van der Waals surface area (Å²) >= 11 is 17.7. The molecular weight excluding hydrogens is 317 g/mol. The number of halogens is 3. The molecule has 0 aliphatic carbocycles. The molecule has 0 saturated carbocycles. The van der Waals surface area contributed by atoms with Crippen molar-refractivity contribution in [2.75, 3.05) is 29.7 Å². The summed E-state index contributed by atoms with van der Waals surface area (Å²) in [5.74, 6) is 0.979. The monoisotopic (exact) mass is 327 g/mol. The van der Waals surface area contributed by atoms with Gasteiger partial charge in [-0.3, -0.25) is 0 Å². The van der Waals surface area contributed by atoms with E-state index >= 15 is 0 Å². The minimum absolute atomic E-state index is 0.0121. The summed E-state index contributed by atoms with van der Waals surface area (Å²) in [4.78, 5) is 2.02. The molecule has 0 bridgehead atoms. The van der Waals surface area contributed by atoms with Gasteiger partial charge in [-0.2, -0.15) is 10.5 Å². The van der Waals surface area contributed by atoms with Crippen LogP contribution in [-0.2, 0) is 0 Å². The highest BCUT2D eigenvalue weighted by Crippen LogP contribution is 2.25. The van der Waals surface area contributed by atoms with Crippen molar-refractivity contribution in [2.45, 2.75) is 0 Å². The van der Waals surface area contributed by atoms with E-state index in [0.29, 0.717) is 35.4 Å². The van der Waals surface area contributed by atoms with Crippen LogP contribution in [0.5, 0.6) is 0 Å². The van der Waals surface area contributed by atoms with Gasteiger partial charge in [-0.25, -0.2) is 0 Å². The smallest absolute Gasteiger partial charge is 0.130 e. The van der Waals surface area contributed by atoms with Crippen molar-refractivity contribution in [1.82, 2.24) is 0 Å². The molecule has 1 rings (SSSR count). The Morgan fingerprint density at radius 1 is 1.15 bits per heavy atom. The molecular formula is C14H12Cl3N3. The van der Waals surface area contributed by atoms with Gasteiger partial charge in [0.25, 0.3) is 0 Å². The molecule has 0 fully saturated rings. The Labute approximate surface area is 133 Å². The summed E-state index contributed by atoms with van der Waals surface area (Å²) in [6.07, 6.45) is 1.46. The fourth-order valence-electron chi connectivity index (χ4n) is 1.65. The maximum Gasteiger partial charge on any atom is 0.130 e. The SMILES string of the molecule is N#CC(C#N)=Cc1ccc(N(CCCl)CCCl)cc1Cl. The molecule has 20 heavy (non-hydrogen) atoms. The summed E-state index contributed by atoms with van der Waals surface area (Å²) in [6, 6.07) is 9.01. The van der Waals surface area contributed by atoms with Crippen molar-refractivity contribution in [3.63, 3.8) is 0 Å². The molecule has 6 heteroatoms. The Kier molecular flexibility index (Phi) is 7.26. The van der Waals surface area contributed by atoms with E-state index < -0.39 is 0 Å². The van der Waals surface area contributed by atoms with Gasteiger partial charge >= 0.3 is 0 Å². The lowest BCUT2D eigenvalue weighted by Crippen LogP contribution is -2.27. The topological polar surface area (TPSA) is 50.8 Å². The normalized spacial score (nSPS) is 9.45. The molecule has 3 nitrogen and oxygen atoms in total. The summed E-state index contributed by atoms with van der Waals surface area (Å²) in [5.41, 5.74) is 1.55. The van der Waals surface area contributed by atoms with E-state index in [9.17, 15) is 0 Å². The lowest BCUT2D eigenvalue weighted by atomic mass is 10.1. The average molecular weight is 329 g/mol. The van der Waals surface area contributed by atoms with E-state index in [2.05, 4.69) is 0 Å². The molecule has 0 aliphatic rings. The van der Waals surface area contributed by atoms with Crippen molar-refractivity contribution in [3.05, 3.63) is 34.4 Å². The lowest BCUT2D eigenvalue weighted by molar-refractivity contribution is 0.874. The van der Waals surface area contributed by atoms with E-state index in [0.717, 1.165) is 5.69 Å². The third-order valence-electron chi connectivity index (χ3n) is 2.60. The number of benzene rings is 1. The van der Waals surface area contributed by atoms with Gasteiger partial charge in [0.2, 0.25) is 0 Å². The number of rotatable bonds is 6. The van der Waals surface area contributed by atoms with Crippen LogP contribution in [-0.4, -0.2) is 24.8 Å². The summed E-state index contributed by atoms with van der Waals surface area (Å²) in [6.45, 7) is 1.34. The number of nitriles is 2. The average Bonchev–Trinajstić information content (AvgIpc) is 2.46.